The SMILES string of the molecule is N#Cc1ccc(-c2cc(-n3c4ccc(-n5c6ccccc6c6ccccc65)cc4c4cc(-n5c6ccccc6c6ccccc65)ccc43)c(C#N)c(-n3c4ccc(-n5c6ccccc6c6ccccc65)cc4c4cc(-n5c6ccccc6c6ccccc65)ccc43)c2)c(C(F)(F)F)c1. The molecule has 0 spiro atoms. The summed E-state index contributed by atoms with van der Waals surface area (Å²) < 4.78 is 61.3. The summed E-state index contributed by atoms with van der Waals surface area (Å²) in [6, 6.07) is 105. The monoisotopic (exact) mass is 1260 g/mol. The second kappa shape index (κ2) is 20.6. The summed E-state index contributed by atoms with van der Waals surface area (Å²) in [6.45, 7) is 0. The minimum atomic E-state index is -4.88. The third kappa shape index (κ3) is 7.81. The van der Waals surface area contributed by atoms with Gasteiger partial charge >= 0.3 is 6.18 Å². The van der Waals surface area contributed by atoms with Gasteiger partial charge in [0.1, 0.15) is 11.6 Å². The molecule has 0 aliphatic carbocycles. The molecule has 0 aliphatic heterocycles. The topological polar surface area (TPSA) is 77.2 Å². The van der Waals surface area contributed by atoms with E-state index in [9.17, 15) is 10.5 Å². The van der Waals surface area contributed by atoms with E-state index in [4.69, 9.17) is 0 Å². The minimum Gasteiger partial charge on any atom is -0.309 e. The third-order valence-electron chi connectivity index (χ3n) is 20.3. The van der Waals surface area contributed by atoms with Crippen LogP contribution < -0.4 is 0 Å². The Labute approximate surface area is 556 Å². The Morgan fingerprint density at radius 1 is 0.245 bits per heavy atom. The average Bonchev–Trinajstić information content (AvgIpc) is 1.53. The van der Waals surface area contributed by atoms with Crippen LogP contribution in [0.1, 0.15) is 16.7 Å². The molecular formula is C87H49F3N8. The minimum absolute atomic E-state index is 0.129. The predicted octanol–water partition coefficient (Wildman–Crippen LogP) is 22.7. The van der Waals surface area contributed by atoms with Crippen LogP contribution in [-0.2, 0) is 6.18 Å². The molecule has 0 atom stereocenters. The lowest BCUT2D eigenvalue weighted by Gasteiger charge is -2.20. The number of para-hydroxylation sites is 8. The van der Waals surface area contributed by atoms with Crippen molar-refractivity contribution in [2.24, 2.45) is 0 Å². The van der Waals surface area contributed by atoms with Gasteiger partial charge in [-0.3, -0.25) is 0 Å². The molecule has 0 saturated heterocycles. The number of nitriles is 2. The summed E-state index contributed by atoms with van der Waals surface area (Å²) in [7, 11) is 0. The lowest BCUT2D eigenvalue weighted by Crippen LogP contribution is -2.09. The fourth-order valence-electron chi connectivity index (χ4n) is 16.2. The first-order valence-corrected chi connectivity index (χ1v) is 32.5. The number of aromatic nitrogens is 6. The zero-order valence-corrected chi connectivity index (χ0v) is 52.0. The van der Waals surface area contributed by atoms with Gasteiger partial charge in [-0.25, -0.2) is 0 Å². The van der Waals surface area contributed by atoms with E-state index in [1.165, 1.54) is 12.1 Å². The summed E-state index contributed by atoms with van der Waals surface area (Å²) in [4.78, 5) is 0. The first-order chi connectivity index (χ1) is 48.2. The van der Waals surface area contributed by atoms with Crippen LogP contribution in [-0.4, -0.2) is 27.4 Å². The fraction of sp³-hybridized carbons (Fsp3) is 0.0115. The first kappa shape index (κ1) is 55.1. The fourth-order valence-corrected chi connectivity index (χ4v) is 16.2. The average molecular weight is 1260 g/mol. The van der Waals surface area contributed by atoms with Crippen LogP contribution in [0.25, 0.3) is 176 Å². The summed E-state index contributed by atoms with van der Waals surface area (Å²) >= 11 is 0. The molecule has 11 heteroatoms. The molecule has 6 heterocycles. The van der Waals surface area contributed by atoms with E-state index in [0.717, 1.165) is 160 Å². The number of hydrogen-bond acceptors (Lipinski definition) is 2. The van der Waals surface area contributed by atoms with Gasteiger partial charge in [0.05, 0.1) is 94.8 Å². The Hall–Kier alpha value is -13.4. The molecule has 14 aromatic carbocycles. The standard InChI is InChI=1S/C87H49F3N8/c88-87(89,90)72-43-52(50-91)33-38-58(72)53-44-85(97-81-39-34-54(93-73-25-9-1-17-59(73)60-18-2-10-26-74(60)93)46-67(81)68-47-55(35-40-82(68)97)94-75-27-11-3-19-61(75)62-20-4-12-28-76(62)94)71(51-92)86(45-53)98-83-41-36-56(95-77-29-13-5-21-63(77)64-22-6-14-30-78(64)95)48-69(83)70-49-57(37-42-84(70)98)96-79-31-15-7-23-65(79)66-24-8-16-32-80(66)96/h1-49H. The first-order valence-electron chi connectivity index (χ1n) is 32.5. The predicted molar refractivity (Wildman–Crippen MR) is 392 cm³/mol. The van der Waals surface area contributed by atoms with Crippen LogP contribution in [0.5, 0.6) is 0 Å². The number of rotatable bonds is 7. The van der Waals surface area contributed by atoms with Gasteiger partial charge in [0.25, 0.3) is 0 Å². The van der Waals surface area contributed by atoms with E-state index < -0.39 is 11.7 Å². The van der Waals surface area contributed by atoms with Crippen LogP contribution >= 0.6 is 0 Å². The van der Waals surface area contributed by atoms with E-state index in [2.05, 4.69) is 300 Å². The highest BCUT2D eigenvalue weighted by Gasteiger charge is 2.35. The van der Waals surface area contributed by atoms with Crippen molar-refractivity contribution >= 4 is 131 Å². The highest BCUT2D eigenvalue weighted by atomic mass is 19.4. The van der Waals surface area contributed by atoms with E-state index >= 15 is 13.2 Å². The molecule has 0 N–H and O–H groups in total. The van der Waals surface area contributed by atoms with Crippen LogP contribution in [0.4, 0.5) is 13.2 Å². The summed E-state index contributed by atoms with van der Waals surface area (Å²) in [5, 5.41) is 34.9. The Balaban J connectivity index is 0.912. The van der Waals surface area contributed by atoms with E-state index in [1.807, 2.05) is 6.07 Å². The van der Waals surface area contributed by atoms with Crippen molar-refractivity contribution in [1.29, 1.82) is 10.5 Å². The normalized spacial score (nSPS) is 12.2. The lowest BCUT2D eigenvalue weighted by atomic mass is 9.94. The van der Waals surface area contributed by atoms with Gasteiger partial charge in [0, 0.05) is 87.4 Å². The van der Waals surface area contributed by atoms with Gasteiger partial charge in [-0.2, -0.15) is 23.7 Å². The zero-order valence-electron chi connectivity index (χ0n) is 52.0. The molecule has 0 fully saturated rings. The van der Waals surface area contributed by atoms with Gasteiger partial charge < -0.3 is 27.4 Å². The van der Waals surface area contributed by atoms with Gasteiger partial charge in [-0.15, -0.1) is 0 Å². The highest BCUT2D eigenvalue weighted by Crippen LogP contribution is 2.47. The molecule has 458 valence electrons. The van der Waals surface area contributed by atoms with Crippen LogP contribution in [0, 0.1) is 22.7 Å². The molecular weight excluding hydrogens is 1210 g/mol. The van der Waals surface area contributed by atoms with E-state index in [-0.39, 0.29) is 22.3 Å². The third-order valence-corrected chi connectivity index (χ3v) is 20.3. The number of fused-ring (bicyclic) bond motifs is 18. The molecule has 0 bridgehead atoms. The van der Waals surface area contributed by atoms with E-state index in [0.29, 0.717) is 11.4 Å². The molecule has 0 amide bonds. The van der Waals surface area contributed by atoms with Crippen molar-refractivity contribution in [3.05, 3.63) is 314 Å². The van der Waals surface area contributed by atoms with Crippen LogP contribution in [0.2, 0.25) is 0 Å². The molecule has 6 aromatic heterocycles. The maximum Gasteiger partial charge on any atom is 0.417 e. The maximum atomic E-state index is 16.0. The zero-order chi connectivity index (χ0) is 65.2. The van der Waals surface area contributed by atoms with Gasteiger partial charge in [-0.1, -0.05) is 152 Å². The van der Waals surface area contributed by atoms with Crippen molar-refractivity contribution in [1.82, 2.24) is 27.4 Å². The van der Waals surface area contributed by atoms with Crippen molar-refractivity contribution < 1.29 is 13.2 Å². The van der Waals surface area contributed by atoms with Crippen molar-refractivity contribution in [2.45, 2.75) is 6.18 Å². The Kier molecular flexibility index (Phi) is 11.6. The molecule has 0 saturated carbocycles. The lowest BCUT2D eigenvalue weighted by molar-refractivity contribution is -0.137. The Morgan fingerprint density at radius 3 is 0.745 bits per heavy atom. The van der Waals surface area contributed by atoms with Crippen molar-refractivity contribution in [3.63, 3.8) is 0 Å². The molecule has 0 aliphatic rings. The number of benzene rings is 14. The second-order valence-electron chi connectivity index (χ2n) is 25.3. The van der Waals surface area contributed by atoms with Gasteiger partial charge in [0.15, 0.2) is 0 Å². The smallest absolute Gasteiger partial charge is 0.309 e. The molecule has 0 unspecified atom stereocenters. The largest absolute Gasteiger partial charge is 0.417 e. The number of hydrogen-bond donors (Lipinski definition) is 0. The molecule has 20 rings (SSSR count). The van der Waals surface area contributed by atoms with E-state index in [1.54, 1.807) is 12.1 Å². The molecule has 20 aromatic rings. The number of nitrogens with zero attached hydrogens (tertiary/aromatic N) is 8. The van der Waals surface area contributed by atoms with Crippen LogP contribution in [0.3, 0.4) is 0 Å². The molecule has 8 nitrogen and oxygen atoms in total. The second-order valence-corrected chi connectivity index (χ2v) is 25.3. The summed E-state index contributed by atoms with van der Waals surface area (Å²) in [5.41, 5.74) is 14.7. The highest BCUT2D eigenvalue weighted by molar-refractivity contribution is 6.17. The summed E-state index contributed by atoms with van der Waals surface area (Å²) in [6.07, 6.45) is -4.88. The molecule has 0 radical (unpaired) electrons. The van der Waals surface area contributed by atoms with Crippen LogP contribution in [0.15, 0.2) is 297 Å². The maximum absolute atomic E-state index is 16.0. The Morgan fingerprint density at radius 2 is 0.500 bits per heavy atom. The quantitative estimate of drug-likeness (QED) is 0.159. The van der Waals surface area contributed by atoms with Gasteiger partial charge in [0.2, 0.25) is 0 Å². The molecule has 98 heavy (non-hydrogen) atoms. The number of alkyl halides is 3. The number of halogens is 3. The summed E-state index contributed by atoms with van der Waals surface area (Å²) in [5.74, 6) is 0. The van der Waals surface area contributed by atoms with Crippen molar-refractivity contribution in [3.8, 4) is 57.4 Å². The van der Waals surface area contributed by atoms with Gasteiger partial charge in [-0.05, 0) is 157 Å². The van der Waals surface area contributed by atoms with Crippen molar-refractivity contribution in [2.75, 3.05) is 0 Å². The Bertz CT molecular complexity index is 6040.